The average Bonchev–Trinajstić information content (AvgIpc) is 2.44. The summed E-state index contributed by atoms with van der Waals surface area (Å²) in [4.78, 5) is 33.9. The van der Waals surface area contributed by atoms with Crippen LogP contribution in [0.1, 0.15) is 34.1 Å². The molecule has 0 aromatic heterocycles. The Balaban J connectivity index is 3.16. The molecule has 0 aromatic carbocycles. The van der Waals surface area contributed by atoms with E-state index in [1.165, 1.54) is 6.92 Å². The highest BCUT2D eigenvalue weighted by atomic mass is 32.2. The normalized spacial score (nSPS) is 25.8. The number of rotatable bonds is 7. The standard InChI is InChI=1S/C16H24O9S/c1-9(2)8-26(20,21)15-6-13(23-11(4)18)16(24-12(5)19)14(25-15)7-22-10(3)17/h13-16H,1,6-8H2,2-5H3. The van der Waals surface area contributed by atoms with Gasteiger partial charge in [0.25, 0.3) is 0 Å². The van der Waals surface area contributed by atoms with Gasteiger partial charge in [-0.3, -0.25) is 14.4 Å². The number of sulfone groups is 1. The van der Waals surface area contributed by atoms with E-state index in [0.29, 0.717) is 5.57 Å². The molecule has 0 aliphatic carbocycles. The van der Waals surface area contributed by atoms with Gasteiger partial charge in [-0.25, -0.2) is 8.42 Å². The molecular formula is C16H24O9S. The monoisotopic (exact) mass is 392 g/mol. The molecule has 1 rings (SSSR count). The van der Waals surface area contributed by atoms with Gasteiger partial charge >= 0.3 is 17.9 Å². The molecule has 1 fully saturated rings. The van der Waals surface area contributed by atoms with E-state index in [-0.39, 0.29) is 18.8 Å². The van der Waals surface area contributed by atoms with Gasteiger partial charge in [-0.05, 0) is 6.92 Å². The second-order valence-electron chi connectivity index (χ2n) is 6.13. The third-order valence-electron chi connectivity index (χ3n) is 3.40. The Kier molecular flexibility index (Phi) is 7.76. The summed E-state index contributed by atoms with van der Waals surface area (Å²) in [5.41, 5.74) is -0.910. The molecule has 1 aliphatic heterocycles. The number of ether oxygens (including phenoxy) is 4. The van der Waals surface area contributed by atoms with Crippen molar-refractivity contribution in [1.29, 1.82) is 0 Å². The minimum Gasteiger partial charge on any atom is -0.463 e. The summed E-state index contributed by atoms with van der Waals surface area (Å²) in [7, 11) is -3.77. The highest BCUT2D eigenvalue weighted by Gasteiger charge is 2.47. The topological polar surface area (TPSA) is 122 Å². The van der Waals surface area contributed by atoms with Crippen molar-refractivity contribution < 1.29 is 41.7 Å². The zero-order valence-electron chi connectivity index (χ0n) is 15.2. The molecular weight excluding hydrogens is 368 g/mol. The maximum absolute atomic E-state index is 12.5. The first-order valence-corrected chi connectivity index (χ1v) is 9.63. The predicted octanol–water partition coefficient (Wildman–Crippen LogP) is 0.519. The van der Waals surface area contributed by atoms with E-state index >= 15 is 0 Å². The predicted molar refractivity (Wildman–Crippen MR) is 89.6 cm³/mol. The highest BCUT2D eigenvalue weighted by molar-refractivity contribution is 7.92. The van der Waals surface area contributed by atoms with Crippen molar-refractivity contribution in [2.45, 2.75) is 57.9 Å². The van der Waals surface area contributed by atoms with Gasteiger partial charge in [-0.15, -0.1) is 0 Å². The fraction of sp³-hybridized carbons (Fsp3) is 0.688. The lowest BCUT2D eigenvalue weighted by Crippen LogP contribution is -2.55. The van der Waals surface area contributed by atoms with E-state index in [0.717, 1.165) is 13.8 Å². The van der Waals surface area contributed by atoms with Gasteiger partial charge in [0.2, 0.25) is 0 Å². The van der Waals surface area contributed by atoms with E-state index < -0.39 is 51.5 Å². The van der Waals surface area contributed by atoms with E-state index in [4.69, 9.17) is 18.9 Å². The SMILES string of the molecule is C=C(C)CS(=O)(=O)C1CC(OC(C)=O)C(OC(C)=O)C(COC(C)=O)O1. The highest BCUT2D eigenvalue weighted by Crippen LogP contribution is 2.29. The van der Waals surface area contributed by atoms with Crippen LogP contribution in [-0.2, 0) is 43.2 Å². The smallest absolute Gasteiger partial charge is 0.303 e. The van der Waals surface area contributed by atoms with Crippen LogP contribution in [0.5, 0.6) is 0 Å². The molecule has 1 heterocycles. The Morgan fingerprint density at radius 3 is 2.08 bits per heavy atom. The second kappa shape index (κ2) is 9.13. The van der Waals surface area contributed by atoms with Crippen LogP contribution in [0.15, 0.2) is 12.2 Å². The van der Waals surface area contributed by atoms with Gasteiger partial charge in [0, 0.05) is 27.2 Å². The molecule has 9 nitrogen and oxygen atoms in total. The summed E-state index contributed by atoms with van der Waals surface area (Å²) in [6, 6.07) is 0. The molecule has 0 N–H and O–H groups in total. The van der Waals surface area contributed by atoms with Crippen LogP contribution in [0.4, 0.5) is 0 Å². The molecule has 10 heteroatoms. The van der Waals surface area contributed by atoms with Crippen LogP contribution in [0.25, 0.3) is 0 Å². The van der Waals surface area contributed by atoms with Crippen LogP contribution in [-0.4, -0.2) is 62.4 Å². The van der Waals surface area contributed by atoms with Crippen molar-refractivity contribution in [2.75, 3.05) is 12.4 Å². The summed E-state index contributed by atoms with van der Waals surface area (Å²) in [6.45, 7) is 8.25. The summed E-state index contributed by atoms with van der Waals surface area (Å²) in [5.74, 6) is -2.28. The molecule has 26 heavy (non-hydrogen) atoms. The summed E-state index contributed by atoms with van der Waals surface area (Å²) < 4.78 is 45.7. The Hall–Kier alpha value is -1.94. The first-order chi connectivity index (χ1) is 11.9. The largest absolute Gasteiger partial charge is 0.463 e. The van der Waals surface area contributed by atoms with Crippen LogP contribution < -0.4 is 0 Å². The van der Waals surface area contributed by atoms with Gasteiger partial charge in [0.1, 0.15) is 18.8 Å². The lowest BCUT2D eigenvalue weighted by Gasteiger charge is -2.39. The van der Waals surface area contributed by atoms with E-state index in [2.05, 4.69) is 6.58 Å². The van der Waals surface area contributed by atoms with Gasteiger partial charge in [0.05, 0.1) is 5.75 Å². The first kappa shape index (κ1) is 22.1. The number of carbonyl (C=O) groups is 3. The van der Waals surface area contributed by atoms with Gasteiger partial charge in [0.15, 0.2) is 21.4 Å². The lowest BCUT2D eigenvalue weighted by atomic mass is 10.0. The van der Waals surface area contributed by atoms with Crippen LogP contribution in [0.3, 0.4) is 0 Å². The zero-order chi connectivity index (χ0) is 20.1. The minimum atomic E-state index is -3.77. The molecule has 0 saturated carbocycles. The Bertz CT molecular complexity index is 667. The molecule has 0 spiro atoms. The van der Waals surface area contributed by atoms with E-state index in [9.17, 15) is 22.8 Å². The first-order valence-electron chi connectivity index (χ1n) is 7.91. The maximum Gasteiger partial charge on any atom is 0.303 e. The van der Waals surface area contributed by atoms with Crippen molar-refractivity contribution in [2.24, 2.45) is 0 Å². The van der Waals surface area contributed by atoms with Crippen LogP contribution in [0.2, 0.25) is 0 Å². The van der Waals surface area contributed by atoms with Crippen molar-refractivity contribution >= 4 is 27.7 Å². The van der Waals surface area contributed by atoms with E-state index in [1.807, 2.05) is 0 Å². The molecule has 4 unspecified atom stereocenters. The molecule has 148 valence electrons. The second-order valence-corrected chi connectivity index (χ2v) is 8.27. The molecule has 0 aromatic rings. The Labute approximate surface area is 152 Å². The Morgan fingerprint density at radius 1 is 1.04 bits per heavy atom. The third-order valence-corrected chi connectivity index (χ3v) is 5.40. The number of carbonyl (C=O) groups excluding carboxylic acids is 3. The van der Waals surface area contributed by atoms with Crippen molar-refractivity contribution in [3.05, 3.63) is 12.2 Å². The maximum atomic E-state index is 12.5. The molecule has 0 bridgehead atoms. The molecule has 0 radical (unpaired) electrons. The van der Waals surface area contributed by atoms with E-state index in [1.54, 1.807) is 6.92 Å². The fourth-order valence-electron chi connectivity index (χ4n) is 2.56. The average molecular weight is 392 g/mol. The number of hydrogen-bond donors (Lipinski definition) is 0. The van der Waals surface area contributed by atoms with Gasteiger partial charge in [-0.2, -0.15) is 0 Å². The van der Waals surface area contributed by atoms with Crippen LogP contribution in [0, 0.1) is 0 Å². The molecule has 4 atom stereocenters. The molecule has 1 saturated heterocycles. The summed E-state index contributed by atoms with van der Waals surface area (Å²) in [6.07, 6.45) is -3.49. The molecule has 0 amide bonds. The van der Waals surface area contributed by atoms with Crippen molar-refractivity contribution in [3.63, 3.8) is 0 Å². The Morgan fingerprint density at radius 2 is 1.62 bits per heavy atom. The molecule has 1 aliphatic rings. The number of hydrogen-bond acceptors (Lipinski definition) is 9. The van der Waals surface area contributed by atoms with Gasteiger partial charge in [-0.1, -0.05) is 12.2 Å². The van der Waals surface area contributed by atoms with Crippen molar-refractivity contribution in [1.82, 2.24) is 0 Å². The third kappa shape index (κ3) is 6.75. The number of esters is 3. The van der Waals surface area contributed by atoms with Gasteiger partial charge < -0.3 is 18.9 Å². The minimum absolute atomic E-state index is 0.219. The van der Waals surface area contributed by atoms with Crippen molar-refractivity contribution in [3.8, 4) is 0 Å². The lowest BCUT2D eigenvalue weighted by molar-refractivity contribution is -0.205. The fourth-order valence-corrected chi connectivity index (χ4v) is 4.23. The summed E-state index contributed by atoms with van der Waals surface area (Å²) in [5, 5.41) is 0. The summed E-state index contributed by atoms with van der Waals surface area (Å²) >= 11 is 0. The van der Waals surface area contributed by atoms with Crippen LogP contribution >= 0.6 is 0 Å². The quantitative estimate of drug-likeness (QED) is 0.346. The zero-order valence-corrected chi connectivity index (χ0v) is 16.0.